The molecule has 1 aliphatic heterocycles. The molecular weight excluding hydrogens is 210 g/mol. The van der Waals surface area contributed by atoms with Gasteiger partial charge in [-0.1, -0.05) is 0 Å². The summed E-state index contributed by atoms with van der Waals surface area (Å²) in [5.41, 5.74) is -0.676. The third-order valence-corrected chi connectivity index (χ3v) is 2.67. The van der Waals surface area contributed by atoms with E-state index in [9.17, 15) is 9.59 Å². The second-order valence-corrected chi connectivity index (χ2v) is 3.99. The molecule has 0 aliphatic carbocycles. The Hall–Kier alpha value is -1.40. The van der Waals surface area contributed by atoms with Gasteiger partial charge in [0, 0.05) is 25.4 Å². The Bertz CT molecular complexity index is 437. The third kappa shape index (κ3) is 2.40. The SMILES string of the molecule is CN1CCOC(Cn2c(=O)cc[nH]c2=O)C1. The van der Waals surface area contributed by atoms with E-state index in [-0.39, 0.29) is 17.4 Å². The molecule has 0 saturated carbocycles. The number of hydrogen-bond acceptors (Lipinski definition) is 4. The van der Waals surface area contributed by atoms with E-state index >= 15 is 0 Å². The van der Waals surface area contributed by atoms with E-state index in [0.717, 1.165) is 13.1 Å². The first kappa shape index (κ1) is 11.1. The molecule has 1 atom stereocenters. The summed E-state index contributed by atoms with van der Waals surface area (Å²) in [6, 6.07) is 1.34. The van der Waals surface area contributed by atoms with Crippen molar-refractivity contribution in [3.63, 3.8) is 0 Å². The predicted molar refractivity (Wildman–Crippen MR) is 58.6 cm³/mol. The Kier molecular flexibility index (Phi) is 3.21. The Morgan fingerprint density at radius 2 is 2.38 bits per heavy atom. The highest BCUT2D eigenvalue weighted by Gasteiger charge is 2.19. The van der Waals surface area contributed by atoms with Crippen LogP contribution < -0.4 is 11.2 Å². The molecule has 2 heterocycles. The third-order valence-electron chi connectivity index (χ3n) is 2.67. The molecule has 1 unspecified atom stereocenters. The maximum Gasteiger partial charge on any atom is 0.328 e. The summed E-state index contributed by atoms with van der Waals surface area (Å²) in [6.45, 7) is 2.57. The van der Waals surface area contributed by atoms with E-state index in [2.05, 4.69) is 9.88 Å². The second kappa shape index (κ2) is 4.63. The van der Waals surface area contributed by atoms with Gasteiger partial charge in [0.05, 0.1) is 19.3 Å². The summed E-state index contributed by atoms with van der Waals surface area (Å²) < 4.78 is 6.68. The van der Waals surface area contributed by atoms with Gasteiger partial charge in [-0.05, 0) is 7.05 Å². The lowest BCUT2D eigenvalue weighted by Crippen LogP contribution is -2.46. The van der Waals surface area contributed by atoms with Crippen molar-refractivity contribution in [2.75, 3.05) is 26.7 Å². The lowest BCUT2D eigenvalue weighted by Gasteiger charge is -2.29. The van der Waals surface area contributed by atoms with Gasteiger partial charge in [-0.3, -0.25) is 9.36 Å². The van der Waals surface area contributed by atoms with Crippen molar-refractivity contribution in [1.82, 2.24) is 14.5 Å². The van der Waals surface area contributed by atoms with Crippen LogP contribution in [0, 0.1) is 0 Å². The molecule has 1 aromatic heterocycles. The maximum absolute atomic E-state index is 11.5. The number of morpholine rings is 1. The predicted octanol–water partition coefficient (Wildman–Crippen LogP) is -1.13. The van der Waals surface area contributed by atoms with Crippen LogP contribution in [0.2, 0.25) is 0 Å². The Morgan fingerprint density at radius 1 is 1.56 bits per heavy atom. The molecule has 1 fully saturated rings. The molecule has 1 aromatic rings. The second-order valence-electron chi connectivity index (χ2n) is 3.99. The number of aromatic amines is 1. The van der Waals surface area contributed by atoms with Crippen molar-refractivity contribution in [1.29, 1.82) is 0 Å². The highest BCUT2D eigenvalue weighted by atomic mass is 16.5. The number of rotatable bonds is 2. The first-order valence-electron chi connectivity index (χ1n) is 5.25. The highest BCUT2D eigenvalue weighted by Crippen LogP contribution is 2.03. The minimum atomic E-state index is -0.385. The topological polar surface area (TPSA) is 67.3 Å². The molecule has 6 heteroatoms. The molecule has 0 bridgehead atoms. The van der Waals surface area contributed by atoms with Crippen LogP contribution in [0.25, 0.3) is 0 Å². The molecule has 88 valence electrons. The van der Waals surface area contributed by atoms with Crippen molar-refractivity contribution in [2.24, 2.45) is 0 Å². The van der Waals surface area contributed by atoms with Gasteiger partial charge in [-0.15, -0.1) is 0 Å². The van der Waals surface area contributed by atoms with E-state index in [1.165, 1.54) is 16.8 Å². The van der Waals surface area contributed by atoms with Gasteiger partial charge in [0.2, 0.25) is 0 Å². The van der Waals surface area contributed by atoms with Crippen LogP contribution in [0.5, 0.6) is 0 Å². The van der Waals surface area contributed by atoms with Crippen LogP contribution in [0.3, 0.4) is 0 Å². The normalized spacial score (nSPS) is 22.2. The highest BCUT2D eigenvalue weighted by molar-refractivity contribution is 4.84. The number of H-pyrrole nitrogens is 1. The maximum atomic E-state index is 11.5. The van der Waals surface area contributed by atoms with E-state index in [4.69, 9.17) is 4.74 Å². The van der Waals surface area contributed by atoms with Gasteiger partial charge in [-0.2, -0.15) is 0 Å². The lowest BCUT2D eigenvalue weighted by molar-refractivity contribution is -0.0284. The fourth-order valence-corrected chi connectivity index (χ4v) is 1.81. The molecule has 0 radical (unpaired) electrons. The molecule has 0 aromatic carbocycles. The smallest absolute Gasteiger partial charge is 0.328 e. The number of hydrogen-bond donors (Lipinski definition) is 1. The number of ether oxygens (including phenoxy) is 1. The van der Waals surface area contributed by atoms with Crippen LogP contribution in [0.15, 0.2) is 21.9 Å². The number of nitrogens with zero attached hydrogens (tertiary/aromatic N) is 2. The zero-order valence-corrected chi connectivity index (χ0v) is 9.18. The van der Waals surface area contributed by atoms with Gasteiger partial charge in [-0.25, -0.2) is 4.79 Å². The van der Waals surface area contributed by atoms with Crippen molar-refractivity contribution >= 4 is 0 Å². The van der Waals surface area contributed by atoms with E-state index in [1.807, 2.05) is 7.05 Å². The fourth-order valence-electron chi connectivity index (χ4n) is 1.81. The molecule has 6 nitrogen and oxygen atoms in total. The Morgan fingerprint density at radius 3 is 3.06 bits per heavy atom. The summed E-state index contributed by atoms with van der Waals surface area (Å²) in [6.07, 6.45) is 1.26. The summed E-state index contributed by atoms with van der Waals surface area (Å²) in [5, 5.41) is 0. The van der Waals surface area contributed by atoms with Gasteiger partial charge in [0.15, 0.2) is 0 Å². The quantitative estimate of drug-likeness (QED) is 0.691. The van der Waals surface area contributed by atoms with Crippen molar-refractivity contribution in [2.45, 2.75) is 12.6 Å². The van der Waals surface area contributed by atoms with Crippen LogP contribution >= 0.6 is 0 Å². The Labute approximate surface area is 92.5 Å². The zero-order valence-electron chi connectivity index (χ0n) is 9.18. The van der Waals surface area contributed by atoms with Crippen molar-refractivity contribution < 1.29 is 4.74 Å². The first-order valence-corrected chi connectivity index (χ1v) is 5.25. The van der Waals surface area contributed by atoms with E-state index < -0.39 is 0 Å². The van der Waals surface area contributed by atoms with Crippen molar-refractivity contribution in [3.8, 4) is 0 Å². The standard InChI is InChI=1S/C10H15N3O3/c1-12-4-5-16-8(6-12)7-13-9(14)2-3-11-10(13)15/h2-3,8H,4-7H2,1H3,(H,11,15). The van der Waals surface area contributed by atoms with E-state index in [0.29, 0.717) is 13.2 Å². The average molecular weight is 225 g/mol. The van der Waals surface area contributed by atoms with Crippen LogP contribution in [0.4, 0.5) is 0 Å². The first-order chi connectivity index (χ1) is 7.66. The molecule has 0 spiro atoms. The number of nitrogens with one attached hydrogen (secondary N) is 1. The Balaban J connectivity index is 2.14. The summed E-state index contributed by atoms with van der Waals surface area (Å²) in [5.74, 6) is 0. The van der Waals surface area contributed by atoms with Crippen molar-refractivity contribution in [3.05, 3.63) is 33.1 Å². The molecule has 1 saturated heterocycles. The minimum absolute atomic E-state index is 0.0973. The molecule has 1 aliphatic rings. The summed E-state index contributed by atoms with van der Waals surface area (Å²) in [7, 11) is 1.99. The van der Waals surface area contributed by atoms with Gasteiger partial charge in [0.25, 0.3) is 5.56 Å². The number of likely N-dealkylation sites (N-methyl/N-ethyl adjacent to an activating group) is 1. The largest absolute Gasteiger partial charge is 0.374 e. The van der Waals surface area contributed by atoms with Gasteiger partial charge < -0.3 is 14.6 Å². The monoisotopic (exact) mass is 225 g/mol. The molecule has 2 rings (SSSR count). The molecule has 16 heavy (non-hydrogen) atoms. The number of aromatic nitrogens is 2. The molecular formula is C10H15N3O3. The van der Waals surface area contributed by atoms with Crippen LogP contribution in [-0.2, 0) is 11.3 Å². The van der Waals surface area contributed by atoms with Crippen LogP contribution in [-0.4, -0.2) is 47.3 Å². The van der Waals surface area contributed by atoms with Gasteiger partial charge >= 0.3 is 5.69 Å². The van der Waals surface area contributed by atoms with E-state index in [1.54, 1.807) is 0 Å². The zero-order chi connectivity index (χ0) is 11.5. The average Bonchev–Trinajstić information content (AvgIpc) is 2.24. The minimum Gasteiger partial charge on any atom is -0.374 e. The summed E-state index contributed by atoms with van der Waals surface area (Å²) >= 11 is 0. The van der Waals surface area contributed by atoms with Crippen LogP contribution in [0.1, 0.15) is 0 Å². The van der Waals surface area contributed by atoms with Gasteiger partial charge in [0.1, 0.15) is 0 Å². The fraction of sp³-hybridized carbons (Fsp3) is 0.600. The lowest BCUT2D eigenvalue weighted by atomic mass is 10.3. The summed E-state index contributed by atoms with van der Waals surface area (Å²) in [4.78, 5) is 27.5. The molecule has 1 N–H and O–H groups in total. The molecule has 0 amide bonds.